The number of carbonyl (C=O) groups excluding carboxylic acids is 1. The summed E-state index contributed by atoms with van der Waals surface area (Å²) in [6.45, 7) is 5.84. The number of aromatic nitrogens is 2. The first-order valence-corrected chi connectivity index (χ1v) is 10.0. The topological polar surface area (TPSA) is 90.8 Å². The lowest BCUT2D eigenvalue weighted by molar-refractivity contribution is 0.0523. The summed E-state index contributed by atoms with van der Waals surface area (Å²) < 4.78 is 4.96. The molecule has 8 heteroatoms. The number of rotatable bonds is 5. The average Bonchev–Trinajstić information content (AvgIpc) is 2.75. The van der Waals surface area contributed by atoms with E-state index in [1.165, 1.54) is 0 Å². The Labute approximate surface area is 175 Å². The maximum absolute atomic E-state index is 11.9. The number of carbonyl (C=O) groups is 1. The van der Waals surface area contributed by atoms with Crippen LogP contribution in [-0.2, 0) is 4.74 Å². The van der Waals surface area contributed by atoms with Gasteiger partial charge in [0.2, 0.25) is 5.95 Å². The summed E-state index contributed by atoms with van der Waals surface area (Å²) in [5, 5.41) is 13.3. The van der Waals surface area contributed by atoms with E-state index in [-0.39, 0.29) is 17.9 Å². The molecule has 1 saturated heterocycles. The van der Waals surface area contributed by atoms with E-state index in [4.69, 9.17) is 4.74 Å². The molecule has 4 rings (SSSR count). The lowest BCUT2D eigenvalue weighted by Crippen LogP contribution is -2.47. The molecule has 0 unspecified atom stereocenters. The van der Waals surface area contributed by atoms with Crippen LogP contribution in [0.15, 0.2) is 42.6 Å². The summed E-state index contributed by atoms with van der Waals surface area (Å²) in [6.07, 6.45) is 1.79. The van der Waals surface area contributed by atoms with Gasteiger partial charge in [-0.15, -0.1) is 0 Å². The normalized spacial score (nSPS) is 15.3. The average molecular weight is 407 g/mol. The molecule has 1 fully saturated rings. The molecule has 0 saturated carbocycles. The van der Waals surface area contributed by atoms with Gasteiger partial charge < -0.3 is 14.7 Å². The van der Waals surface area contributed by atoms with Crippen molar-refractivity contribution < 1.29 is 14.6 Å². The molecule has 2 N–H and O–H groups in total. The van der Waals surface area contributed by atoms with Gasteiger partial charge in [0.25, 0.3) is 0 Å². The number of phenolic OH excluding ortho intramolecular Hbond substituents is 1. The minimum absolute atomic E-state index is 0.103. The number of nitrogens with zero attached hydrogens (tertiary/aromatic N) is 4. The molecular weight excluding hydrogens is 382 g/mol. The van der Waals surface area contributed by atoms with E-state index in [1.807, 2.05) is 18.2 Å². The van der Waals surface area contributed by atoms with Crippen molar-refractivity contribution in [3.63, 3.8) is 0 Å². The van der Waals surface area contributed by atoms with Crippen LogP contribution in [0.1, 0.15) is 17.3 Å². The number of fused-ring (bicyclic) bond motifs is 1. The maximum atomic E-state index is 11.9. The van der Waals surface area contributed by atoms with Crippen molar-refractivity contribution in [2.24, 2.45) is 0 Å². The van der Waals surface area contributed by atoms with E-state index in [1.54, 1.807) is 31.3 Å². The molecule has 1 aliphatic rings. The monoisotopic (exact) mass is 407 g/mol. The molecule has 0 spiro atoms. The van der Waals surface area contributed by atoms with Gasteiger partial charge in [-0.3, -0.25) is 5.43 Å². The van der Waals surface area contributed by atoms with Crippen LogP contribution >= 0.6 is 0 Å². The van der Waals surface area contributed by atoms with Gasteiger partial charge in [0, 0.05) is 37.8 Å². The number of ether oxygens (including phenoxy) is 1. The summed E-state index contributed by atoms with van der Waals surface area (Å²) in [7, 11) is 2.12. The van der Waals surface area contributed by atoms with Crippen molar-refractivity contribution in [1.82, 2.24) is 19.9 Å². The number of esters is 1. The Kier molecular flexibility index (Phi) is 5.78. The highest BCUT2D eigenvalue weighted by atomic mass is 16.5. The Morgan fingerprint density at radius 1 is 1.13 bits per heavy atom. The zero-order valence-electron chi connectivity index (χ0n) is 17.1. The van der Waals surface area contributed by atoms with Gasteiger partial charge in [-0.25, -0.2) is 19.8 Å². The molecule has 2 heterocycles. The van der Waals surface area contributed by atoms with Crippen molar-refractivity contribution in [2.75, 3.05) is 45.3 Å². The molecule has 8 nitrogen and oxygen atoms in total. The first kappa shape index (κ1) is 20.1. The number of hydrogen-bond acceptors (Lipinski definition) is 8. The SMILES string of the molecule is CCOC(=O)c1ccc(-c2ccc3nc(NN4CCN(C)CC4)ncc3c2)cc1O. The summed E-state index contributed by atoms with van der Waals surface area (Å²) >= 11 is 0. The van der Waals surface area contributed by atoms with E-state index < -0.39 is 5.97 Å². The van der Waals surface area contributed by atoms with Crippen molar-refractivity contribution >= 4 is 22.8 Å². The molecule has 3 aromatic rings. The Bertz CT molecular complexity index is 1060. The molecule has 1 aromatic heterocycles. The number of piperazine rings is 1. The third kappa shape index (κ3) is 4.34. The van der Waals surface area contributed by atoms with Gasteiger partial charge in [0.1, 0.15) is 11.3 Å². The summed E-state index contributed by atoms with van der Waals surface area (Å²) in [5.41, 5.74) is 5.96. The van der Waals surface area contributed by atoms with Gasteiger partial charge in [-0.1, -0.05) is 12.1 Å². The lowest BCUT2D eigenvalue weighted by atomic mass is 10.0. The molecule has 2 aromatic carbocycles. The van der Waals surface area contributed by atoms with Crippen LogP contribution in [0, 0.1) is 0 Å². The number of hydrogen-bond donors (Lipinski definition) is 2. The number of anilines is 1. The quantitative estimate of drug-likeness (QED) is 0.624. The third-order valence-electron chi connectivity index (χ3n) is 5.17. The highest BCUT2D eigenvalue weighted by Crippen LogP contribution is 2.29. The summed E-state index contributed by atoms with van der Waals surface area (Å²) in [4.78, 5) is 23.2. The van der Waals surface area contributed by atoms with Crippen LogP contribution in [0.3, 0.4) is 0 Å². The second-order valence-electron chi connectivity index (χ2n) is 7.32. The van der Waals surface area contributed by atoms with Crippen LogP contribution in [-0.4, -0.2) is 70.8 Å². The van der Waals surface area contributed by atoms with Crippen LogP contribution in [0.4, 0.5) is 5.95 Å². The number of aromatic hydroxyl groups is 1. The van der Waals surface area contributed by atoms with Crippen molar-refractivity contribution in [2.45, 2.75) is 6.92 Å². The largest absolute Gasteiger partial charge is 0.507 e. The van der Waals surface area contributed by atoms with Gasteiger partial charge in [0.05, 0.1) is 12.1 Å². The Morgan fingerprint density at radius 2 is 1.87 bits per heavy atom. The second kappa shape index (κ2) is 8.64. The second-order valence-corrected chi connectivity index (χ2v) is 7.32. The Hall–Kier alpha value is -3.23. The van der Waals surface area contributed by atoms with Crippen molar-refractivity contribution in [3.8, 4) is 16.9 Å². The van der Waals surface area contributed by atoms with Gasteiger partial charge in [-0.2, -0.15) is 0 Å². The van der Waals surface area contributed by atoms with Crippen molar-refractivity contribution in [3.05, 3.63) is 48.2 Å². The van der Waals surface area contributed by atoms with Gasteiger partial charge in [0.15, 0.2) is 0 Å². The van der Waals surface area contributed by atoms with E-state index >= 15 is 0 Å². The minimum Gasteiger partial charge on any atom is -0.507 e. The molecule has 0 atom stereocenters. The minimum atomic E-state index is -0.533. The number of nitrogens with one attached hydrogen (secondary N) is 1. The molecule has 0 amide bonds. The van der Waals surface area contributed by atoms with E-state index in [0.29, 0.717) is 5.95 Å². The first-order chi connectivity index (χ1) is 14.5. The zero-order chi connectivity index (χ0) is 21.1. The summed E-state index contributed by atoms with van der Waals surface area (Å²) in [6, 6.07) is 10.8. The fourth-order valence-corrected chi connectivity index (χ4v) is 3.42. The molecule has 0 aliphatic carbocycles. The molecule has 156 valence electrons. The molecular formula is C22H25N5O3. The predicted octanol–water partition coefficient (Wildman–Crippen LogP) is 2.75. The third-order valence-corrected chi connectivity index (χ3v) is 5.17. The molecule has 1 aliphatic heterocycles. The molecule has 0 bridgehead atoms. The van der Waals surface area contributed by atoms with E-state index in [0.717, 1.165) is 48.2 Å². The smallest absolute Gasteiger partial charge is 0.341 e. The number of benzene rings is 2. The summed E-state index contributed by atoms with van der Waals surface area (Å²) in [5.74, 6) is -0.0564. The maximum Gasteiger partial charge on any atom is 0.341 e. The van der Waals surface area contributed by atoms with Crippen LogP contribution < -0.4 is 5.43 Å². The highest BCUT2D eigenvalue weighted by molar-refractivity contribution is 5.93. The Balaban J connectivity index is 1.54. The van der Waals surface area contributed by atoms with Crippen molar-refractivity contribution in [1.29, 1.82) is 0 Å². The van der Waals surface area contributed by atoms with Gasteiger partial charge in [-0.05, 0) is 49.4 Å². The first-order valence-electron chi connectivity index (χ1n) is 10.0. The van der Waals surface area contributed by atoms with Crippen LogP contribution in [0.5, 0.6) is 5.75 Å². The fraction of sp³-hybridized carbons (Fsp3) is 0.318. The molecule has 0 radical (unpaired) electrons. The lowest BCUT2D eigenvalue weighted by Gasteiger charge is -2.32. The fourth-order valence-electron chi connectivity index (χ4n) is 3.42. The van der Waals surface area contributed by atoms with Crippen LogP contribution in [0.2, 0.25) is 0 Å². The zero-order valence-corrected chi connectivity index (χ0v) is 17.1. The number of likely N-dealkylation sites (N-methyl/N-ethyl adjacent to an activating group) is 1. The van der Waals surface area contributed by atoms with Crippen LogP contribution in [0.25, 0.3) is 22.0 Å². The number of hydrazine groups is 1. The Morgan fingerprint density at radius 3 is 2.60 bits per heavy atom. The predicted molar refractivity (Wildman–Crippen MR) is 115 cm³/mol. The van der Waals surface area contributed by atoms with E-state index in [2.05, 4.69) is 32.4 Å². The van der Waals surface area contributed by atoms with Gasteiger partial charge >= 0.3 is 5.97 Å². The van der Waals surface area contributed by atoms with E-state index in [9.17, 15) is 9.90 Å². The number of phenols is 1. The highest BCUT2D eigenvalue weighted by Gasteiger charge is 2.15. The standard InChI is InChI=1S/C22H25N5O3/c1-3-30-21(29)18-6-4-16(13-20(18)28)15-5-7-19-17(12-15)14-23-22(24-19)25-27-10-8-26(2)9-11-27/h4-7,12-14,28H,3,8-11H2,1-2H3,(H,23,24,25). The molecule has 30 heavy (non-hydrogen) atoms.